The lowest BCUT2D eigenvalue weighted by molar-refractivity contribution is 0.0697. The molecule has 0 saturated heterocycles. The van der Waals surface area contributed by atoms with Crippen LogP contribution in [0.1, 0.15) is 15.9 Å². The normalized spacial score (nSPS) is 10.4. The molecule has 2 rings (SSSR count). The highest BCUT2D eigenvalue weighted by Gasteiger charge is 2.16. The Morgan fingerprint density at radius 3 is 2.40 bits per heavy atom. The van der Waals surface area contributed by atoms with Gasteiger partial charge < -0.3 is 9.84 Å². The number of hydrogen-bond donors (Lipinski definition) is 1. The first-order valence-electron chi connectivity index (χ1n) is 5.81. The topological polar surface area (TPSA) is 46.5 Å². The van der Waals surface area contributed by atoms with Crippen LogP contribution in [-0.4, -0.2) is 18.2 Å². The highest BCUT2D eigenvalue weighted by Crippen LogP contribution is 2.38. The number of hydrogen-bond acceptors (Lipinski definition) is 2. The average Bonchev–Trinajstić information content (AvgIpc) is 2.41. The molecular formula is C15H12Cl2O3. The Hall–Kier alpha value is -1.71. The Morgan fingerprint density at radius 1 is 1.10 bits per heavy atom. The van der Waals surface area contributed by atoms with Gasteiger partial charge in [0, 0.05) is 11.6 Å². The minimum Gasteiger partial charge on any atom is -0.495 e. The lowest BCUT2D eigenvalue weighted by atomic mass is 9.97. The third-order valence-electron chi connectivity index (χ3n) is 2.94. The lowest BCUT2D eigenvalue weighted by Crippen LogP contribution is -2.00. The van der Waals surface area contributed by atoms with Crippen molar-refractivity contribution in [2.24, 2.45) is 0 Å². The number of aromatic carboxylic acids is 1. The largest absolute Gasteiger partial charge is 0.495 e. The molecule has 0 aliphatic rings. The summed E-state index contributed by atoms with van der Waals surface area (Å²) in [7, 11) is 1.49. The van der Waals surface area contributed by atoms with Gasteiger partial charge in [-0.15, -0.1) is 0 Å². The van der Waals surface area contributed by atoms with E-state index in [0.29, 0.717) is 26.9 Å². The van der Waals surface area contributed by atoms with E-state index in [1.807, 2.05) is 13.0 Å². The summed E-state index contributed by atoms with van der Waals surface area (Å²) in [5.74, 6) is -0.559. The van der Waals surface area contributed by atoms with Crippen LogP contribution in [0.15, 0.2) is 30.3 Å². The number of aryl methyl sites for hydroxylation is 1. The maximum absolute atomic E-state index is 11.4. The predicted molar refractivity (Wildman–Crippen MR) is 80.1 cm³/mol. The number of carboxylic acid groups (broad SMARTS) is 1. The number of carbonyl (C=O) groups is 1. The third kappa shape index (κ3) is 2.74. The molecule has 0 aliphatic carbocycles. The molecule has 0 bridgehead atoms. The van der Waals surface area contributed by atoms with Crippen molar-refractivity contribution in [2.75, 3.05) is 7.11 Å². The quantitative estimate of drug-likeness (QED) is 0.895. The monoisotopic (exact) mass is 310 g/mol. The number of rotatable bonds is 3. The Bertz CT molecular complexity index is 681. The van der Waals surface area contributed by atoms with Gasteiger partial charge in [-0.05, 0) is 24.6 Å². The Labute approximate surface area is 126 Å². The van der Waals surface area contributed by atoms with Crippen LogP contribution < -0.4 is 4.74 Å². The molecule has 20 heavy (non-hydrogen) atoms. The van der Waals surface area contributed by atoms with Crippen LogP contribution in [0.5, 0.6) is 5.75 Å². The second-order valence-electron chi connectivity index (χ2n) is 4.32. The molecule has 3 nitrogen and oxygen atoms in total. The lowest BCUT2D eigenvalue weighted by Gasteiger charge is -2.12. The van der Waals surface area contributed by atoms with E-state index >= 15 is 0 Å². The molecule has 0 atom stereocenters. The van der Waals surface area contributed by atoms with Gasteiger partial charge in [-0.1, -0.05) is 40.9 Å². The van der Waals surface area contributed by atoms with Gasteiger partial charge in [0.05, 0.1) is 22.7 Å². The second kappa shape index (κ2) is 5.73. The van der Waals surface area contributed by atoms with Crippen molar-refractivity contribution in [2.45, 2.75) is 6.92 Å². The van der Waals surface area contributed by atoms with E-state index in [9.17, 15) is 9.90 Å². The van der Waals surface area contributed by atoms with Crippen molar-refractivity contribution in [1.29, 1.82) is 0 Å². The average molecular weight is 311 g/mol. The van der Waals surface area contributed by atoms with Crippen LogP contribution in [0.2, 0.25) is 10.0 Å². The van der Waals surface area contributed by atoms with E-state index < -0.39 is 5.97 Å². The van der Waals surface area contributed by atoms with E-state index in [1.54, 1.807) is 24.3 Å². The Morgan fingerprint density at radius 2 is 1.80 bits per heavy atom. The molecule has 0 fully saturated rings. The molecule has 2 aromatic rings. The molecule has 0 aliphatic heterocycles. The number of carboxylic acids is 1. The minimum atomic E-state index is -1.01. The second-order valence-corrected chi connectivity index (χ2v) is 5.14. The van der Waals surface area contributed by atoms with Gasteiger partial charge in [0.15, 0.2) is 0 Å². The van der Waals surface area contributed by atoms with E-state index in [0.717, 1.165) is 5.56 Å². The summed E-state index contributed by atoms with van der Waals surface area (Å²) < 4.78 is 5.08. The summed E-state index contributed by atoms with van der Waals surface area (Å²) in [6.07, 6.45) is 0. The molecule has 0 aromatic heterocycles. The Balaban J connectivity index is 2.69. The molecule has 0 spiro atoms. The summed E-state index contributed by atoms with van der Waals surface area (Å²) >= 11 is 12.3. The van der Waals surface area contributed by atoms with E-state index in [2.05, 4.69) is 0 Å². The van der Waals surface area contributed by atoms with E-state index in [-0.39, 0.29) is 5.56 Å². The zero-order chi connectivity index (χ0) is 14.9. The number of halogens is 2. The summed E-state index contributed by atoms with van der Waals surface area (Å²) in [6.45, 7) is 1.83. The molecule has 1 N–H and O–H groups in total. The van der Waals surface area contributed by atoms with Crippen molar-refractivity contribution in [3.05, 3.63) is 51.5 Å². The predicted octanol–water partition coefficient (Wildman–Crippen LogP) is 4.68. The van der Waals surface area contributed by atoms with Gasteiger partial charge in [0.25, 0.3) is 0 Å². The molecule has 0 unspecified atom stereocenters. The van der Waals surface area contributed by atoms with Crippen LogP contribution in [-0.2, 0) is 0 Å². The van der Waals surface area contributed by atoms with Crippen molar-refractivity contribution < 1.29 is 14.6 Å². The number of methoxy groups -OCH3 is 1. The van der Waals surface area contributed by atoms with Gasteiger partial charge >= 0.3 is 5.97 Å². The van der Waals surface area contributed by atoms with Crippen molar-refractivity contribution in [3.8, 4) is 16.9 Å². The molecule has 2 aromatic carbocycles. The van der Waals surface area contributed by atoms with Crippen LogP contribution in [0.3, 0.4) is 0 Å². The fourth-order valence-electron chi connectivity index (χ4n) is 1.96. The summed E-state index contributed by atoms with van der Waals surface area (Å²) in [5, 5.41) is 10.1. The molecule has 0 heterocycles. The standard InChI is InChI=1S/C15H12Cl2O3/c1-8-3-4-9(11(5-8)15(18)19)10-6-13(17)14(20-2)7-12(10)16/h3-7H,1-2H3,(H,18,19). The molecule has 0 amide bonds. The minimum absolute atomic E-state index is 0.188. The van der Waals surface area contributed by atoms with Crippen LogP contribution >= 0.6 is 23.2 Å². The highest BCUT2D eigenvalue weighted by atomic mass is 35.5. The number of ether oxygens (including phenoxy) is 1. The molecule has 5 heteroatoms. The van der Waals surface area contributed by atoms with Crippen molar-refractivity contribution in [3.63, 3.8) is 0 Å². The van der Waals surface area contributed by atoms with Crippen LogP contribution in [0.4, 0.5) is 0 Å². The maximum Gasteiger partial charge on any atom is 0.336 e. The number of benzene rings is 2. The summed E-state index contributed by atoms with van der Waals surface area (Å²) in [6, 6.07) is 8.34. The van der Waals surface area contributed by atoms with Gasteiger partial charge in [0.2, 0.25) is 0 Å². The zero-order valence-corrected chi connectivity index (χ0v) is 12.4. The SMILES string of the molecule is COc1cc(Cl)c(-c2ccc(C)cc2C(=O)O)cc1Cl. The summed E-state index contributed by atoms with van der Waals surface area (Å²) in [5.41, 5.74) is 2.14. The molecule has 104 valence electrons. The maximum atomic E-state index is 11.4. The molecule has 0 saturated carbocycles. The zero-order valence-electron chi connectivity index (χ0n) is 10.9. The van der Waals surface area contributed by atoms with Gasteiger partial charge in [0.1, 0.15) is 5.75 Å². The third-order valence-corrected chi connectivity index (χ3v) is 3.55. The van der Waals surface area contributed by atoms with Gasteiger partial charge in [-0.3, -0.25) is 0 Å². The van der Waals surface area contributed by atoms with Gasteiger partial charge in [-0.25, -0.2) is 4.79 Å². The van der Waals surface area contributed by atoms with E-state index in [4.69, 9.17) is 27.9 Å². The first kappa shape index (κ1) is 14.7. The molecule has 0 radical (unpaired) electrons. The first-order chi connectivity index (χ1) is 9.43. The van der Waals surface area contributed by atoms with Crippen LogP contribution in [0, 0.1) is 6.92 Å². The summed E-state index contributed by atoms with van der Waals surface area (Å²) in [4.78, 5) is 11.4. The smallest absolute Gasteiger partial charge is 0.336 e. The fourth-order valence-corrected chi connectivity index (χ4v) is 2.46. The van der Waals surface area contributed by atoms with Crippen LogP contribution in [0.25, 0.3) is 11.1 Å². The first-order valence-corrected chi connectivity index (χ1v) is 6.57. The van der Waals surface area contributed by atoms with Crippen molar-refractivity contribution >= 4 is 29.2 Å². The fraction of sp³-hybridized carbons (Fsp3) is 0.133. The van der Waals surface area contributed by atoms with E-state index in [1.165, 1.54) is 7.11 Å². The molecular weight excluding hydrogens is 299 g/mol. The Kier molecular flexibility index (Phi) is 4.21. The van der Waals surface area contributed by atoms with Crippen molar-refractivity contribution in [1.82, 2.24) is 0 Å². The van der Waals surface area contributed by atoms with Gasteiger partial charge in [-0.2, -0.15) is 0 Å². The highest BCUT2D eigenvalue weighted by molar-refractivity contribution is 6.36.